The SMILES string of the molecule is CCC(CNC(=O)c1cc(Cl)cc(Cl)c1)CC(=O)O. The molecular weight excluding hydrogens is 289 g/mol. The number of nitrogens with one attached hydrogen (secondary N) is 1. The van der Waals surface area contributed by atoms with Crippen LogP contribution in [-0.2, 0) is 4.79 Å². The van der Waals surface area contributed by atoms with Gasteiger partial charge >= 0.3 is 5.97 Å². The van der Waals surface area contributed by atoms with Crippen molar-refractivity contribution in [3.8, 4) is 0 Å². The van der Waals surface area contributed by atoms with Gasteiger partial charge in [-0.3, -0.25) is 9.59 Å². The van der Waals surface area contributed by atoms with Gasteiger partial charge < -0.3 is 10.4 Å². The third-order valence-electron chi connectivity index (χ3n) is 2.72. The first kappa shape index (κ1) is 15.8. The predicted octanol–water partition coefficient (Wildman–Crippen LogP) is 3.22. The minimum Gasteiger partial charge on any atom is -0.481 e. The Hall–Kier alpha value is -1.26. The summed E-state index contributed by atoms with van der Waals surface area (Å²) in [4.78, 5) is 22.5. The van der Waals surface area contributed by atoms with E-state index >= 15 is 0 Å². The van der Waals surface area contributed by atoms with Crippen molar-refractivity contribution in [3.63, 3.8) is 0 Å². The molecule has 0 radical (unpaired) electrons. The molecule has 0 aliphatic rings. The summed E-state index contributed by atoms with van der Waals surface area (Å²) in [5, 5.41) is 12.2. The first-order valence-electron chi connectivity index (χ1n) is 5.88. The summed E-state index contributed by atoms with van der Waals surface area (Å²) in [5.41, 5.74) is 0.364. The van der Waals surface area contributed by atoms with Gasteiger partial charge in [0.15, 0.2) is 0 Å². The number of halogens is 2. The van der Waals surface area contributed by atoms with E-state index in [-0.39, 0.29) is 18.2 Å². The average Bonchev–Trinajstić information content (AvgIpc) is 2.32. The molecule has 0 aliphatic carbocycles. The molecule has 1 amide bonds. The number of benzene rings is 1. The van der Waals surface area contributed by atoms with E-state index < -0.39 is 5.97 Å². The summed E-state index contributed by atoms with van der Waals surface area (Å²) < 4.78 is 0. The Morgan fingerprint density at radius 3 is 2.32 bits per heavy atom. The largest absolute Gasteiger partial charge is 0.481 e. The van der Waals surface area contributed by atoms with Crippen molar-refractivity contribution in [3.05, 3.63) is 33.8 Å². The van der Waals surface area contributed by atoms with Gasteiger partial charge in [0.05, 0.1) is 0 Å². The third kappa shape index (κ3) is 5.49. The van der Waals surface area contributed by atoms with E-state index in [9.17, 15) is 9.59 Å². The van der Waals surface area contributed by atoms with Crippen molar-refractivity contribution in [2.24, 2.45) is 5.92 Å². The summed E-state index contributed by atoms with van der Waals surface area (Å²) in [5.74, 6) is -1.27. The van der Waals surface area contributed by atoms with E-state index in [1.54, 1.807) is 6.07 Å². The standard InChI is InChI=1S/C13H15Cl2NO3/c1-2-8(3-12(17)18)7-16-13(19)9-4-10(14)6-11(15)5-9/h4-6,8H,2-3,7H2,1H3,(H,16,19)(H,17,18). The van der Waals surface area contributed by atoms with E-state index in [1.807, 2.05) is 6.92 Å². The molecule has 0 spiro atoms. The molecule has 6 heteroatoms. The van der Waals surface area contributed by atoms with Crippen LogP contribution >= 0.6 is 23.2 Å². The Bertz CT molecular complexity index is 457. The second kappa shape index (κ2) is 7.36. The average molecular weight is 304 g/mol. The monoisotopic (exact) mass is 303 g/mol. The number of hydrogen-bond donors (Lipinski definition) is 2. The van der Waals surface area contributed by atoms with E-state index in [0.29, 0.717) is 28.6 Å². The number of amides is 1. The molecule has 104 valence electrons. The van der Waals surface area contributed by atoms with Crippen molar-refractivity contribution < 1.29 is 14.7 Å². The van der Waals surface area contributed by atoms with Crippen LogP contribution in [0, 0.1) is 5.92 Å². The maximum absolute atomic E-state index is 11.9. The van der Waals surface area contributed by atoms with Gasteiger partial charge in [0.2, 0.25) is 0 Å². The number of aliphatic carboxylic acids is 1. The minimum absolute atomic E-state index is 0.0348. The maximum atomic E-state index is 11.9. The molecule has 0 saturated carbocycles. The summed E-state index contributed by atoms with van der Waals surface area (Å²) in [6.45, 7) is 2.20. The lowest BCUT2D eigenvalue weighted by Crippen LogP contribution is -2.30. The van der Waals surface area contributed by atoms with Crippen LogP contribution in [0.3, 0.4) is 0 Å². The Morgan fingerprint density at radius 1 is 1.26 bits per heavy atom. The summed E-state index contributed by atoms with van der Waals surface area (Å²) in [6, 6.07) is 4.57. The smallest absolute Gasteiger partial charge is 0.303 e. The fourth-order valence-electron chi connectivity index (χ4n) is 1.63. The Labute approximate surface area is 121 Å². The van der Waals surface area contributed by atoms with Crippen LogP contribution in [0.4, 0.5) is 0 Å². The van der Waals surface area contributed by atoms with Crippen LogP contribution in [0.5, 0.6) is 0 Å². The number of carboxylic acids is 1. The summed E-state index contributed by atoms with van der Waals surface area (Å²) in [7, 11) is 0. The van der Waals surface area contributed by atoms with Crippen molar-refractivity contribution in [2.45, 2.75) is 19.8 Å². The van der Waals surface area contributed by atoms with E-state index in [0.717, 1.165) is 0 Å². The van der Waals surface area contributed by atoms with Gasteiger partial charge in [0.1, 0.15) is 0 Å². The molecule has 1 aromatic carbocycles. The quantitative estimate of drug-likeness (QED) is 0.848. The van der Waals surface area contributed by atoms with E-state index in [2.05, 4.69) is 5.32 Å². The van der Waals surface area contributed by atoms with Gasteiger partial charge in [0, 0.05) is 28.6 Å². The molecule has 0 aliphatic heterocycles. The molecule has 1 unspecified atom stereocenters. The fourth-order valence-corrected chi connectivity index (χ4v) is 2.16. The van der Waals surface area contributed by atoms with Crippen LogP contribution < -0.4 is 5.32 Å². The fraction of sp³-hybridized carbons (Fsp3) is 0.385. The summed E-state index contributed by atoms with van der Waals surface area (Å²) in [6.07, 6.45) is 0.718. The zero-order chi connectivity index (χ0) is 14.4. The first-order chi connectivity index (χ1) is 8.92. The van der Waals surface area contributed by atoms with Crippen LogP contribution in [0.2, 0.25) is 10.0 Å². The van der Waals surface area contributed by atoms with E-state index in [4.69, 9.17) is 28.3 Å². The molecule has 0 heterocycles. The van der Waals surface area contributed by atoms with Crippen molar-refractivity contribution >= 4 is 35.1 Å². The Kier molecular flexibility index (Phi) is 6.12. The number of carboxylic acid groups (broad SMARTS) is 1. The third-order valence-corrected chi connectivity index (χ3v) is 3.15. The molecule has 4 nitrogen and oxygen atoms in total. The molecule has 1 rings (SSSR count). The number of carbonyl (C=O) groups is 2. The molecule has 0 aromatic heterocycles. The van der Waals surface area contributed by atoms with Gasteiger partial charge in [-0.15, -0.1) is 0 Å². The van der Waals surface area contributed by atoms with Crippen LogP contribution in [0.15, 0.2) is 18.2 Å². The highest BCUT2D eigenvalue weighted by atomic mass is 35.5. The number of hydrogen-bond acceptors (Lipinski definition) is 2. The Morgan fingerprint density at radius 2 is 1.84 bits per heavy atom. The molecule has 2 N–H and O–H groups in total. The van der Waals surface area contributed by atoms with Crippen LogP contribution in [0.25, 0.3) is 0 Å². The molecule has 0 fully saturated rings. The second-order valence-electron chi connectivity index (χ2n) is 4.24. The lowest BCUT2D eigenvalue weighted by atomic mass is 10.0. The molecule has 19 heavy (non-hydrogen) atoms. The number of rotatable bonds is 6. The highest BCUT2D eigenvalue weighted by Gasteiger charge is 2.14. The van der Waals surface area contributed by atoms with Crippen molar-refractivity contribution in [1.29, 1.82) is 0 Å². The molecule has 1 atom stereocenters. The highest BCUT2D eigenvalue weighted by Crippen LogP contribution is 2.19. The Balaban J connectivity index is 2.61. The predicted molar refractivity (Wildman–Crippen MR) is 74.8 cm³/mol. The van der Waals surface area contributed by atoms with Gasteiger partial charge in [-0.1, -0.05) is 36.5 Å². The van der Waals surface area contributed by atoms with Crippen LogP contribution in [-0.4, -0.2) is 23.5 Å². The molecule has 1 aromatic rings. The molecule has 0 bridgehead atoms. The lowest BCUT2D eigenvalue weighted by Gasteiger charge is -2.13. The van der Waals surface area contributed by atoms with Gasteiger partial charge in [0.25, 0.3) is 5.91 Å². The van der Waals surface area contributed by atoms with Gasteiger partial charge in [-0.2, -0.15) is 0 Å². The zero-order valence-corrected chi connectivity index (χ0v) is 12.0. The van der Waals surface area contributed by atoms with E-state index in [1.165, 1.54) is 12.1 Å². The second-order valence-corrected chi connectivity index (χ2v) is 5.11. The summed E-state index contributed by atoms with van der Waals surface area (Å²) >= 11 is 11.6. The lowest BCUT2D eigenvalue weighted by molar-refractivity contribution is -0.138. The topological polar surface area (TPSA) is 66.4 Å². The minimum atomic E-state index is -0.869. The first-order valence-corrected chi connectivity index (χ1v) is 6.64. The van der Waals surface area contributed by atoms with Gasteiger partial charge in [-0.25, -0.2) is 0 Å². The molecular formula is C13H15Cl2NO3. The molecule has 0 saturated heterocycles. The van der Waals surface area contributed by atoms with Crippen molar-refractivity contribution in [1.82, 2.24) is 5.32 Å². The zero-order valence-electron chi connectivity index (χ0n) is 10.5. The van der Waals surface area contributed by atoms with Crippen LogP contribution in [0.1, 0.15) is 30.1 Å². The highest BCUT2D eigenvalue weighted by molar-refractivity contribution is 6.35. The number of carbonyl (C=O) groups excluding carboxylic acids is 1. The normalized spacial score (nSPS) is 11.9. The van der Waals surface area contributed by atoms with Gasteiger partial charge in [-0.05, 0) is 24.1 Å². The van der Waals surface area contributed by atoms with Crippen molar-refractivity contribution in [2.75, 3.05) is 6.54 Å². The maximum Gasteiger partial charge on any atom is 0.303 e.